The highest BCUT2D eigenvalue weighted by molar-refractivity contribution is 6.23. The molecule has 51 heavy (non-hydrogen) atoms. The number of hydrogen-bond donors (Lipinski definition) is 3. The summed E-state index contributed by atoms with van der Waals surface area (Å²) in [7, 11) is 1.99. The van der Waals surface area contributed by atoms with Crippen molar-refractivity contribution in [3.63, 3.8) is 0 Å². The molecular formula is C37H43N9O5. The molecule has 14 nitrogen and oxygen atoms in total. The lowest BCUT2D eigenvalue weighted by molar-refractivity contribution is -0.136. The van der Waals surface area contributed by atoms with Gasteiger partial charge in [0.2, 0.25) is 11.8 Å². The van der Waals surface area contributed by atoms with E-state index in [0.29, 0.717) is 34.3 Å². The number of nitrogens with one attached hydrogen (secondary N) is 2. The molecule has 3 saturated heterocycles. The number of phenols is 1. The third-order valence-corrected chi connectivity index (χ3v) is 11.2. The minimum atomic E-state index is -0.966. The maximum atomic E-state index is 13.3. The number of amides is 4. The van der Waals surface area contributed by atoms with Crippen LogP contribution in [0.1, 0.15) is 46.4 Å². The lowest BCUT2D eigenvalue weighted by Gasteiger charge is -2.47. The molecule has 3 aromatic rings. The van der Waals surface area contributed by atoms with Gasteiger partial charge >= 0.3 is 0 Å². The van der Waals surface area contributed by atoms with Crippen LogP contribution < -0.4 is 20.4 Å². The summed E-state index contributed by atoms with van der Waals surface area (Å²) in [4.78, 5) is 61.0. The summed E-state index contributed by atoms with van der Waals surface area (Å²) in [5, 5.41) is 24.9. The molecule has 8 rings (SSSR count). The Morgan fingerprint density at radius 3 is 2.49 bits per heavy atom. The van der Waals surface area contributed by atoms with Crippen LogP contribution in [0.2, 0.25) is 0 Å². The number of carbonyl (C=O) groups is 4. The number of piperidine rings is 2. The molecule has 6 heterocycles. The van der Waals surface area contributed by atoms with E-state index in [4.69, 9.17) is 0 Å². The first-order valence-electron chi connectivity index (χ1n) is 17.9. The number of nitrogens with zero attached hydrogens (tertiary/aromatic N) is 7. The van der Waals surface area contributed by atoms with E-state index in [1.54, 1.807) is 24.3 Å². The minimum Gasteiger partial charge on any atom is -0.507 e. The fraction of sp³-hybridized carbons (Fsp3) is 0.459. The van der Waals surface area contributed by atoms with Gasteiger partial charge in [0.05, 0.1) is 28.6 Å². The maximum absolute atomic E-state index is 13.3. The fourth-order valence-corrected chi connectivity index (χ4v) is 8.22. The molecule has 3 fully saturated rings. The highest BCUT2D eigenvalue weighted by atomic mass is 16.3. The molecule has 2 atom stereocenters. The van der Waals surface area contributed by atoms with E-state index in [1.807, 2.05) is 31.3 Å². The number of aromatic hydroxyl groups is 1. The van der Waals surface area contributed by atoms with Crippen molar-refractivity contribution in [3.05, 3.63) is 59.7 Å². The van der Waals surface area contributed by atoms with Crippen LogP contribution in [0.3, 0.4) is 0 Å². The minimum absolute atomic E-state index is 0.0976. The first-order chi connectivity index (χ1) is 24.7. The van der Waals surface area contributed by atoms with Gasteiger partial charge in [-0.3, -0.25) is 34.3 Å². The summed E-state index contributed by atoms with van der Waals surface area (Å²) in [5.41, 5.74) is 3.84. The monoisotopic (exact) mass is 693 g/mol. The van der Waals surface area contributed by atoms with Gasteiger partial charge in [0.15, 0.2) is 5.82 Å². The Labute approximate surface area is 296 Å². The Bertz CT molecular complexity index is 1880. The molecule has 0 spiro atoms. The summed E-state index contributed by atoms with van der Waals surface area (Å²) < 4.78 is 0. The normalized spacial score (nSPS) is 22.7. The second-order valence-corrected chi connectivity index (χ2v) is 14.4. The van der Waals surface area contributed by atoms with E-state index in [9.17, 15) is 24.3 Å². The third kappa shape index (κ3) is 6.38. The van der Waals surface area contributed by atoms with Crippen LogP contribution in [-0.2, 0) is 9.59 Å². The summed E-state index contributed by atoms with van der Waals surface area (Å²) >= 11 is 0. The summed E-state index contributed by atoms with van der Waals surface area (Å²) in [6.45, 7) is 8.59. The Morgan fingerprint density at radius 1 is 0.882 bits per heavy atom. The molecule has 4 amide bonds. The summed E-state index contributed by atoms with van der Waals surface area (Å²) in [6, 6.07) is 13.9. The topological polar surface area (TPSA) is 155 Å². The van der Waals surface area contributed by atoms with E-state index < -0.39 is 23.8 Å². The van der Waals surface area contributed by atoms with Crippen molar-refractivity contribution in [3.8, 4) is 17.0 Å². The molecule has 3 N–H and O–H groups in total. The standard InChI is InChI=1S/C37H43N9O5/c1-42(24-6-7-26-28(18-24)37(51)46(36(26)50)30-8-9-33(48)39-35(30)49)14-15-43-12-10-23(11-13-43)21-44-16-17-45-25(22-44)20-38-34-31(45)19-29(40-41-34)27-4-2-3-5-32(27)47/h2-7,18-19,23,25,30,47H,8-17,20-22H2,1H3,(H,38,41)(H,39,48,49)/t25-,30?/m0/s1. The van der Waals surface area contributed by atoms with Crippen LogP contribution in [0, 0.1) is 5.92 Å². The van der Waals surface area contributed by atoms with Gasteiger partial charge in [-0.15, -0.1) is 10.2 Å². The van der Waals surface area contributed by atoms with Crippen LogP contribution >= 0.6 is 0 Å². The first kappa shape index (κ1) is 33.1. The van der Waals surface area contributed by atoms with Crippen LogP contribution in [0.4, 0.5) is 17.2 Å². The number of imide groups is 2. The van der Waals surface area contributed by atoms with Crippen LogP contribution in [0.5, 0.6) is 5.75 Å². The van der Waals surface area contributed by atoms with Crippen molar-refractivity contribution >= 4 is 40.8 Å². The van der Waals surface area contributed by atoms with Crippen molar-refractivity contribution < 1.29 is 24.3 Å². The number of anilines is 3. The number of benzene rings is 2. The summed E-state index contributed by atoms with van der Waals surface area (Å²) in [5.74, 6) is -0.310. The Balaban J connectivity index is 0.809. The number of rotatable bonds is 8. The average Bonchev–Trinajstić information content (AvgIpc) is 3.39. The number of fused-ring (bicyclic) bond motifs is 4. The number of aromatic nitrogens is 2. The van der Waals surface area contributed by atoms with Crippen LogP contribution in [-0.4, -0.2) is 132 Å². The van der Waals surface area contributed by atoms with Crippen molar-refractivity contribution in [2.24, 2.45) is 5.92 Å². The molecule has 2 aromatic carbocycles. The molecule has 5 aliphatic heterocycles. The van der Waals surface area contributed by atoms with Crippen molar-refractivity contribution in [2.45, 2.75) is 37.8 Å². The number of piperazine rings is 1. The second-order valence-electron chi connectivity index (χ2n) is 14.4. The molecule has 1 aromatic heterocycles. The zero-order valence-electron chi connectivity index (χ0n) is 28.8. The van der Waals surface area contributed by atoms with Gasteiger partial charge in [-0.1, -0.05) is 12.1 Å². The van der Waals surface area contributed by atoms with Gasteiger partial charge in [0.1, 0.15) is 11.8 Å². The van der Waals surface area contributed by atoms with E-state index in [1.165, 1.54) is 0 Å². The maximum Gasteiger partial charge on any atom is 0.262 e. The predicted molar refractivity (Wildman–Crippen MR) is 191 cm³/mol. The van der Waals surface area contributed by atoms with E-state index in [2.05, 4.69) is 40.4 Å². The van der Waals surface area contributed by atoms with E-state index in [0.717, 1.165) is 93.8 Å². The lowest BCUT2D eigenvalue weighted by atomic mass is 9.95. The number of phenolic OH excluding ortho intramolecular Hbond substituents is 1. The van der Waals surface area contributed by atoms with Crippen LogP contribution in [0.25, 0.3) is 11.3 Å². The molecule has 14 heteroatoms. The number of para-hydroxylation sites is 1. The molecule has 0 aliphatic carbocycles. The van der Waals surface area contributed by atoms with Crippen molar-refractivity contribution in [1.82, 2.24) is 30.2 Å². The number of likely N-dealkylation sites (N-methyl/N-ethyl adjacent to an activating group) is 1. The van der Waals surface area contributed by atoms with Gasteiger partial charge in [-0.05, 0) is 74.7 Å². The quantitative estimate of drug-likeness (QED) is 0.296. The lowest BCUT2D eigenvalue weighted by Crippen LogP contribution is -2.58. The number of carbonyl (C=O) groups excluding carboxylic acids is 4. The average molecular weight is 694 g/mol. The zero-order chi connectivity index (χ0) is 35.2. The molecule has 1 unspecified atom stereocenters. The van der Waals surface area contributed by atoms with Gasteiger partial charge in [-0.2, -0.15) is 0 Å². The molecule has 0 bridgehead atoms. The smallest absolute Gasteiger partial charge is 0.262 e. The Hall–Kier alpha value is -5.08. The second kappa shape index (κ2) is 13.6. The highest BCUT2D eigenvalue weighted by Crippen LogP contribution is 2.36. The molecule has 0 radical (unpaired) electrons. The molecular weight excluding hydrogens is 650 g/mol. The molecule has 5 aliphatic rings. The Morgan fingerprint density at radius 2 is 1.69 bits per heavy atom. The summed E-state index contributed by atoms with van der Waals surface area (Å²) in [6.07, 6.45) is 2.55. The molecule has 0 saturated carbocycles. The number of likely N-dealkylation sites (tertiary alicyclic amines) is 1. The van der Waals surface area contributed by atoms with E-state index >= 15 is 0 Å². The van der Waals surface area contributed by atoms with Gasteiger partial charge < -0.3 is 25.1 Å². The Kier molecular flexibility index (Phi) is 8.80. The SMILES string of the molecule is CN(CCN1CCC(CN2CCN3c4cc(-c5ccccc5O)nnc4NC[C@H]3C2)CC1)c1ccc2c(c1)C(=O)N(C1CCC(=O)NC1=O)C2=O. The van der Waals surface area contributed by atoms with Crippen molar-refractivity contribution in [2.75, 3.05) is 81.1 Å². The fourth-order valence-electron chi connectivity index (χ4n) is 8.22. The molecule has 266 valence electrons. The zero-order valence-corrected chi connectivity index (χ0v) is 28.8. The van der Waals surface area contributed by atoms with Gasteiger partial charge in [0.25, 0.3) is 11.8 Å². The van der Waals surface area contributed by atoms with Gasteiger partial charge in [-0.25, -0.2) is 0 Å². The largest absolute Gasteiger partial charge is 0.507 e. The number of hydrogen-bond acceptors (Lipinski definition) is 12. The first-order valence-corrected chi connectivity index (χ1v) is 17.9. The van der Waals surface area contributed by atoms with Gasteiger partial charge in [0, 0.05) is 70.5 Å². The van der Waals surface area contributed by atoms with Crippen LogP contribution in [0.15, 0.2) is 48.5 Å². The van der Waals surface area contributed by atoms with E-state index in [-0.39, 0.29) is 24.5 Å². The van der Waals surface area contributed by atoms with Crippen molar-refractivity contribution in [1.29, 1.82) is 0 Å². The predicted octanol–water partition coefficient (Wildman–Crippen LogP) is 2.01. The highest BCUT2D eigenvalue weighted by Gasteiger charge is 2.45. The third-order valence-electron chi connectivity index (χ3n) is 11.2.